The summed E-state index contributed by atoms with van der Waals surface area (Å²) in [4.78, 5) is 11.6. The van der Waals surface area contributed by atoms with E-state index in [1.54, 1.807) is 6.92 Å². The maximum Gasteiger partial charge on any atom is 0.338 e. The molecule has 0 saturated carbocycles. The molecule has 0 fully saturated rings. The van der Waals surface area contributed by atoms with E-state index in [1.165, 1.54) is 68.1 Å². The highest BCUT2D eigenvalue weighted by Gasteiger charge is 2.06. The van der Waals surface area contributed by atoms with Crippen LogP contribution < -0.4 is 4.74 Å². The molecule has 0 bridgehead atoms. The Bertz CT molecular complexity index is 1010. The van der Waals surface area contributed by atoms with E-state index < -0.39 is 5.97 Å². The minimum absolute atomic E-state index is 0.389. The predicted molar refractivity (Wildman–Crippen MR) is 139 cm³/mol. The van der Waals surface area contributed by atoms with E-state index in [0.29, 0.717) is 11.3 Å². The van der Waals surface area contributed by atoms with Crippen LogP contribution in [0.25, 0.3) is 22.3 Å². The SMILES string of the molecule is C=C(C)C(=O)Oc1ccc(-c2ccc(-c3ccc(CCCCCCCCC)cc3)cc2)cc1. The summed E-state index contributed by atoms with van der Waals surface area (Å²) < 4.78 is 5.27. The van der Waals surface area contributed by atoms with Gasteiger partial charge in [-0.25, -0.2) is 4.79 Å². The minimum atomic E-state index is -0.402. The largest absolute Gasteiger partial charge is 0.423 e. The van der Waals surface area contributed by atoms with Crippen LogP contribution in [0.3, 0.4) is 0 Å². The van der Waals surface area contributed by atoms with E-state index in [4.69, 9.17) is 4.74 Å². The highest BCUT2D eigenvalue weighted by molar-refractivity contribution is 5.88. The highest BCUT2D eigenvalue weighted by atomic mass is 16.5. The molecule has 0 heterocycles. The molecule has 0 amide bonds. The summed E-state index contributed by atoms with van der Waals surface area (Å²) >= 11 is 0. The molecule has 0 radical (unpaired) electrons. The predicted octanol–water partition coefficient (Wildman–Crippen LogP) is 8.80. The van der Waals surface area contributed by atoms with Gasteiger partial charge in [-0.05, 0) is 59.7 Å². The van der Waals surface area contributed by atoms with Crippen molar-refractivity contribution in [3.05, 3.63) is 90.5 Å². The van der Waals surface area contributed by atoms with Gasteiger partial charge in [-0.15, -0.1) is 0 Å². The number of hydrogen-bond acceptors (Lipinski definition) is 2. The number of carbonyl (C=O) groups is 1. The first kappa shape index (κ1) is 24.5. The summed E-state index contributed by atoms with van der Waals surface area (Å²) in [6.45, 7) is 7.52. The Labute approximate surface area is 199 Å². The second-order valence-electron chi connectivity index (χ2n) is 8.84. The monoisotopic (exact) mass is 440 g/mol. The molecule has 33 heavy (non-hydrogen) atoms. The Morgan fingerprint density at radius 1 is 0.667 bits per heavy atom. The van der Waals surface area contributed by atoms with Crippen LogP contribution in [-0.4, -0.2) is 5.97 Å². The first-order valence-electron chi connectivity index (χ1n) is 12.2. The number of ether oxygens (including phenoxy) is 1. The van der Waals surface area contributed by atoms with Gasteiger partial charge in [-0.1, -0.05) is 113 Å². The number of benzene rings is 3. The number of unbranched alkanes of at least 4 members (excludes halogenated alkanes) is 6. The lowest BCUT2D eigenvalue weighted by Crippen LogP contribution is -2.07. The lowest BCUT2D eigenvalue weighted by Gasteiger charge is -2.08. The average molecular weight is 441 g/mol. The van der Waals surface area contributed by atoms with Crippen LogP contribution in [0, 0.1) is 0 Å². The third-order valence-corrected chi connectivity index (χ3v) is 5.99. The maximum absolute atomic E-state index is 11.6. The molecule has 3 aromatic rings. The standard InChI is InChI=1S/C31H36O2/c1-4-5-6-7-8-9-10-11-25-12-14-26(15-13-25)27-16-18-28(19-17-27)29-20-22-30(23-21-29)33-31(32)24(2)3/h12-23H,2,4-11H2,1,3H3. The molecular formula is C31H36O2. The lowest BCUT2D eigenvalue weighted by atomic mass is 9.98. The zero-order chi connectivity index (χ0) is 23.5. The molecule has 0 spiro atoms. The van der Waals surface area contributed by atoms with Crippen molar-refractivity contribution < 1.29 is 9.53 Å². The summed E-state index contributed by atoms with van der Waals surface area (Å²) in [5.41, 5.74) is 6.49. The van der Waals surface area contributed by atoms with E-state index in [0.717, 1.165) is 11.1 Å². The summed E-state index contributed by atoms with van der Waals surface area (Å²) in [5, 5.41) is 0. The Balaban J connectivity index is 1.52. The Hall–Kier alpha value is -3.13. The molecule has 0 aliphatic rings. The fourth-order valence-corrected chi connectivity index (χ4v) is 3.91. The molecule has 3 aromatic carbocycles. The van der Waals surface area contributed by atoms with Crippen LogP contribution in [-0.2, 0) is 11.2 Å². The van der Waals surface area contributed by atoms with Gasteiger partial charge < -0.3 is 4.74 Å². The number of hydrogen-bond donors (Lipinski definition) is 0. The summed E-state index contributed by atoms with van der Waals surface area (Å²) in [7, 11) is 0. The van der Waals surface area contributed by atoms with E-state index in [1.807, 2.05) is 24.3 Å². The number of carbonyl (C=O) groups excluding carboxylic acids is 1. The van der Waals surface area contributed by atoms with Crippen molar-refractivity contribution in [3.8, 4) is 28.0 Å². The van der Waals surface area contributed by atoms with Gasteiger partial charge in [0.1, 0.15) is 5.75 Å². The molecule has 0 saturated heterocycles. The van der Waals surface area contributed by atoms with Crippen molar-refractivity contribution in [2.75, 3.05) is 0 Å². The van der Waals surface area contributed by atoms with Crippen LogP contribution in [0.5, 0.6) is 5.75 Å². The van der Waals surface area contributed by atoms with Crippen molar-refractivity contribution in [1.82, 2.24) is 0 Å². The summed E-state index contributed by atoms with van der Waals surface area (Å²) in [6, 6.07) is 25.2. The van der Waals surface area contributed by atoms with Crippen molar-refractivity contribution in [2.24, 2.45) is 0 Å². The van der Waals surface area contributed by atoms with Crippen LogP contribution >= 0.6 is 0 Å². The number of aryl methyl sites for hydroxylation is 1. The molecular weight excluding hydrogens is 404 g/mol. The molecule has 0 aliphatic carbocycles. The Morgan fingerprint density at radius 3 is 1.58 bits per heavy atom. The van der Waals surface area contributed by atoms with Gasteiger partial charge in [0, 0.05) is 5.57 Å². The van der Waals surface area contributed by atoms with Gasteiger partial charge in [0.2, 0.25) is 0 Å². The molecule has 172 valence electrons. The van der Waals surface area contributed by atoms with Gasteiger partial charge in [-0.3, -0.25) is 0 Å². The van der Waals surface area contributed by atoms with E-state index in [9.17, 15) is 4.79 Å². The van der Waals surface area contributed by atoms with E-state index in [2.05, 4.69) is 62.0 Å². The molecule has 0 aromatic heterocycles. The molecule has 0 atom stereocenters. The van der Waals surface area contributed by atoms with Gasteiger partial charge in [-0.2, -0.15) is 0 Å². The number of esters is 1. The number of rotatable bonds is 12. The summed E-state index contributed by atoms with van der Waals surface area (Å²) in [5.74, 6) is 0.125. The van der Waals surface area contributed by atoms with E-state index >= 15 is 0 Å². The van der Waals surface area contributed by atoms with Crippen LogP contribution in [0.15, 0.2) is 84.9 Å². The van der Waals surface area contributed by atoms with Crippen molar-refractivity contribution in [1.29, 1.82) is 0 Å². The van der Waals surface area contributed by atoms with Gasteiger partial charge >= 0.3 is 5.97 Å². The van der Waals surface area contributed by atoms with Crippen molar-refractivity contribution >= 4 is 5.97 Å². The van der Waals surface area contributed by atoms with Crippen LogP contribution in [0.2, 0.25) is 0 Å². The molecule has 2 nitrogen and oxygen atoms in total. The molecule has 2 heteroatoms. The first-order chi connectivity index (χ1) is 16.1. The fourth-order valence-electron chi connectivity index (χ4n) is 3.91. The molecule has 0 aliphatic heterocycles. The maximum atomic E-state index is 11.6. The van der Waals surface area contributed by atoms with Crippen LogP contribution in [0.4, 0.5) is 0 Å². The third-order valence-electron chi connectivity index (χ3n) is 5.99. The molecule has 0 N–H and O–H groups in total. The zero-order valence-corrected chi connectivity index (χ0v) is 20.1. The lowest BCUT2D eigenvalue weighted by molar-refractivity contribution is -0.130. The minimum Gasteiger partial charge on any atom is -0.423 e. The van der Waals surface area contributed by atoms with Gasteiger partial charge in [0.15, 0.2) is 0 Å². The van der Waals surface area contributed by atoms with Gasteiger partial charge in [0.05, 0.1) is 0 Å². The topological polar surface area (TPSA) is 26.3 Å². The third kappa shape index (κ3) is 7.75. The first-order valence-corrected chi connectivity index (χ1v) is 12.2. The van der Waals surface area contributed by atoms with Crippen molar-refractivity contribution in [3.63, 3.8) is 0 Å². The molecule has 0 unspecified atom stereocenters. The smallest absolute Gasteiger partial charge is 0.338 e. The second-order valence-corrected chi connectivity index (χ2v) is 8.84. The summed E-state index contributed by atoms with van der Waals surface area (Å²) in [6.07, 6.45) is 10.6. The Kier molecular flexibility index (Phi) is 9.50. The fraction of sp³-hybridized carbons (Fsp3) is 0.323. The highest BCUT2D eigenvalue weighted by Crippen LogP contribution is 2.27. The van der Waals surface area contributed by atoms with Crippen molar-refractivity contribution in [2.45, 2.75) is 65.2 Å². The van der Waals surface area contributed by atoms with Gasteiger partial charge in [0.25, 0.3) is 0 Å². The zero-order valence-electron chi connectivity index (χ0n) is 20.1. The Morgan fingerprint density at radius 2 is 1.09 bits per heavy atom. The molecule has 3 rings (SSSR count). The van der Waals surface area contributed by atoms with Crippen LogP contribution in [0.1, 0.15) is 64.4 Å². The van der Waals surface area contributed by atoms with E-state index in [-0.39, 0.29) is 0 Å². The second kappa shape index (κ2) is 12.8. The average Bonchev–Trinajstić information content (AvgIpc) is 2.84. The normalized spacial score (nSPS) is 10.7. The quantitative estimate of drug-likeness (QED) is 0.122.